The summed E-state index contributed by atoms with van der Waals surface area (Å²) in [5.41, 5.74) is 8.27. The van der Waals surface area contributed by atoms with Crippen molar-refractivity contribution < 1.29 is 4.79 Å². The molecule has 1 aromatic carbocycles. The first-order valence-corrected chi connectivity index (χ1v) is 7.45. The molecule has 0 fully saturated rings. The minimum Gasteiger partial charge on any atom is -0.399 e. The fourth-order valence-electron chi connectivity index (χ4n) is 2.06. The lowest BCUT2D eigenvalue weighted by atomic mass is 10.3. The van der Waals surface area contributed by atoms with E-state index in [0.29, 0.717) is 35.0 Å². The van der Waals surface area contributed by atoms with Gasteiger partial charge in [0.15, 0.2) is 11.5 Å². The molecule has 2 heterocycles. The van der Waals surface area contributed by atoms with Crippen LogP contribution in [0.4, 0.5) is 27.8 Å². The van der Waals surface area contributed by atoms with Crippen LogP contribution in [0.15, 0.2) is 42.6 Å². The van der Waals surface area contributed by atoms with Crippen molar-refractivity contribution in [2.45, 2.75) is 6.92 Å². The highest BCUT2D eigenvalue weighted by molar-refractivity contribution is 5.89. The standard InChI is InChI=1S/C16H17N7O/c1-2-18-16(24)23-13-8-7-12-15(21-13)22-14(9-19-12)20-11-5-3-10(17)4-6-11/h3-9H,2,17H2,1H3,(H3,18,20,21,22,23,24). The molecule has 0 saturated carbocycles. The zero-order chi connectivity index (χ0) is 16.9. The number of fused-ring (bicyclic) bond motifs is 1. The van der Waals surface area contributed by atoms with Crippen LogP contribution in [0.25, 0.3) is 11.2 Å². The van der Waals surface area contributed by atoms with Crippen LogP contribution in [-0.4, -0.2) is 27.5 Å². The van der Waals surface area contributed by atoms with E-state index in [1.165, 1.54) is 0 Å². The van der Waals surface area contributed by atoms with Gasteiger partial charge in [-0.15, -0.1) is 0 Å². The van der Waals surface area contributed by atoms with Crippen LogP contribution in [-0.2, 0) is 0 Å². The number of urea groups is 1. The molecule has 0 unspecified atom stereocenters. The molecule has 0 bridgehead atoms. The number of carbonyl (C=O) groups excluding carboxylic acids is 1. The summed E-state index contributed by atoms with van der Waals surface area (Å²) in [4.78, 5) is 24.6. The molecule has 5 N–H and O–H groups in total. The molecule has 0 aliphatic rings. The molecule has 0 radical (unpaired) electrons. The van der Waals surface area contributed by atoms with Gasteiger partial charge in [0.25, 0.3) is 0 Å². The molecular formula is C16H17N7O. The summed E-state index contributed by atoms with van der Waals surface area (Å²) in [6.45, 7) is 2.38. The van der Waals surface area contributed by atoms with Crippen LogP contribution in [0.5, 0.6) is 0 Å². The lowest BCUT2D eigenvalue weighted by molar-refractivity contribution is 0.252. The maximum absolute atomic E-state index is 11.6. The highest BCUT2D eigenvalue weighted by Gasteiger charge is 2.06. The zero-order valence-corrected chi connectivity index (χ0v) is 13.1. The SMILES string of the molecule is CCNC(=O)Nc1ccc2ncc(Nc3ccc(N)cc3)nc2n1. The normalized spacial score (nSPS) is 10.4. The molecule has 0 aliphatic heterocycles. The summed E-state index contributed by atoms with van der Waals surface area (Å²) in [6, 6.07) is 10.4. The Morgan fingerprint density at radius 2 is 1.83 bits per heavy atom. The Labute approximate surface area is 138 Å². The van der Waals surface area contributed by atoms with Crippen molar-refractivity contribution in [1.82, 2.24) is 20.3 Å². The van der Waals surface area contributed by atoms with Crippen LogP contribution in [0, 0.1) is 0 Å². The summed E-state index contributed by atoms with van der Waals surface area (Å²) in [5.74, 6) is 0.960. The third-order valence-electron chi connectivity index (χ3n) is 3.17. The number of nitrogens with one attached hydrogen (secondary N) is 3. The van der Waals surface area contributed by atoms with Crippen LogP contribution in [0.3, 0.4) is 0 Å². The number of rotatable bonds is 4. The molecule has 122 valence electrons. The number of hydrogen-bond acceptors (Lipinski definition) is 6. The average molecular weight is 323 g/mol. The van der Waals surface area contributed by atoms with Crippen molar-refractivity contribution in [1.29, 1.82) is 0 Å². The second-order valence-electron chi connectivity index (χ2n) is 5.03. The van der Waals surface area contributed by atoms with Crippen LogP contribution in [0.2, 0.25) is 0 Å². The second-order valence-corrected chi connectivity index (χ2v) is 5.03. The Kier molecular flexibility index (Phi) is 4.37. The van der Waals surface area contributed by atoms with E-state index in [0.717, 1.165) is 5.69 Å². The molecule has 2 amide bonds. The molecule has 0 spiro atoms. The minimum absolute atomic E-state index is 0.312. The summed E-state index contributed by atoms with van der Waals surface area (Å²) in [5, 5.41) is 8.42. The van der Waals surface area contributed by atoms with Gasteiger partial charge >= 0.3 is 6.03 Å². The lowest BCUT2D eigenvalue weighted by Gasteiger charge is -2.08. The number of anilines is 4. The Hall–Kier alpha value is -3.42. The van der Waals surface area contributed by atoms with Gasteiger partial charge in [0, 0.05) is 17.9 Å². The van der Waals surface area contributed by atoms with E-state index >= 15 is 0 Å². The van der Waals surface area contributed by atoms with E-state index in [4.69, 9.17) is 5.73 Å². The van der Waals surface area contributed by atoms with Crippen LogP contribution >= 0.6 is 0 Å². The van der Waals surface area contributed by atoms with E-state index in [-0.39, 0.29) is 6.03 Å². The fourth-order valence-corrected chi connectivity index (χ4v) is 2.06. The number of nitrogen functional groups attached to an aromatic ring is 1. The van der Waals surface area contributed by atoms with Crippen molar-refractivity contribution in [2.75, 3.05) is 22.9 Å². The van der Waals surface area contributed by atoms with Crippen molar-refractivity contribution >= 4 is 40.2 Å². The number of aromatic nitrogens is 3. The van der Waals surface area contributed by atoms with Crippen LogP contribution < -0.4 is 21.7 Å². The number of benzene rings is 1. The largest absolute Gasteiger partial charge is 0.399 e. The fraction of sp³-hybridized carbons (Fsp3) is 0.125. The number of carbonyl (C=O) groups is 1. The molecule has 24 heavy (non-hydrogen) atoms. The van der Waals surface area contributed by atoms with Gasteiger partial charge in [0.1, 0.15) is 11.3 Å². The molecule has 3 rings (SSSR count). The van der Waals surface area contributed by atoms with Gasteiger partial charge < -0.3 is 16.4 Å². The predicted molar refractivity (Wildman–Crippen MR) is 94.2 cm³/mol. The summed E-state index contributed by atoms with van der Waals surface area (Å²) in [6.07, 6.45) is 1.62. The molecule has 8 heteroatoms. The van der Waals surface area contributed by atoms with Gasteiger partial charge in [-0.05, 0) is 43.3 Å². The first-order chi connectivity index (χ1) is 11.6. The van der Waals surface area contributed by atoms with E-state index in [9.17, 15) is 4.79 Å². The average Bonchev–Trinajstić information content (AvgIpc) is 2.57. The van der Waals surface area contributed by atoms with Gasteiger partial charge in [0.05, 0.1) is 6.20 Å². The number of nitrogens with zero attached hydrogens (tertiary/aromatic N) is 3. The van der Waals surface area contributed by atoms with E-state index < -0.39 is 0 Å². The number of nitrogens with two attached hydrogens (primary N) is 1. The molecule has 0 saturated heterocycles. The smallest absolute Gasteiger partial charge is 0.320 e. The first-order valence-electron chi connectivity index (χ1n) is 7.45. The number of amides is 2. The lowest BCUT2D eigenvalue weighted by Crippen LogP contribution is -2.28. The Balaban J connectivity index is 1.83. The molecule has 0 atom stereocenters. The third kappa shape index (κ3) is 3.67. The molecule has 8 nitrogen and oxygen atoms in total. The molecule has 0 aliphatic carbocycles. The molecule has 3 aromatic rings. The highest BCUT2D eigenvalue weighted by atomic mass is 16.2. The van der Waals surface area contributed by atoms with Gasteiger partial charge in [-0.2, -0.15) is 0 Å². The highest BCUT2D eigenvalue weighted by Crippen LogP contribution is 2.18. The monoisotopic (exact) mass is 323 g/mol. The minimum atomic E-state index is -0.312. The zero-order valence-electron chi connectivity index (χ0n) is 13.1. The maximum atomic E-state index is 11.6. The topological polar surface area (TPSA) is 118 Å². The Morgan fingerprint density at radius 1 is 1.08 bits per heavy atom. The number of pyridine rings is 1. The third-order valence-corrected chi connectivity index (χ3v) is 3.17. The quantitative estimate of drug-likeness (QED) is 0.548. The molecular weight excluding hydrogens is 306 g/mol. The van der Waals surface area contributed by atoms with E-state index in [1.54, 1.807) is 30.5 Å². The second kappa shape index (κ2) is 6.78. The first kappa shape index (κ1) is 15.5. The summed E-state index contributed by atoms with van der Waals surface area (Å²) >= 11 is 0. The van der Waals surface area contributed by atoms with Crippen molar-refractivity contribution in [3.63, 3.8) is 0 Å². The van der Waals surface area contributed by atoms with Crippen molar-refractivity contribution in [2.24, 2.45) is 0 Å². The van der Waals surface area contributed by atoms with E-state index in [1.807, 2.05) is 19.1 Å². The van der Waals surface area contributed by atoms with Crippen LogP contribution in [0.1, 0.15) is 6.92 Å². The number of hydrogen-bond donors (Lipinski definition) is 4. The van der Waals surface area contributed by atoms with Crippen molar-refractivity contribution in [3.8, 4) is 0 Å². The maximum Gasteiger partial charge on any atom is 0.320 e. The predicted octanol–water partition coefficient (Wildman–Crippen LogP) is 2.49. The Morgan fingerprint density at radius 3 is 2.58 bits per heavy atom. The van der Waals surface area contributed by atoms with Gasteiger partial charge in [-0.3, -0.25) is 5.32 Å². The van der Waals surface area contributed by atoms with E-state index in [2.05, 4.69) is 30.9 Å². The van der Waals surface area contributed by atoms with Gasteiger partial charge in [0.2, 0.25) is 0 Å². The molecule has 2 aromatic heterocycles. The van der Waals surface area contributed by atoms with Crippen molar-refractivity contribution in [3.05, 3.63) is 42.6 Å². The van der Waals surface area contributed by atoms with Gasteiger partial charge in [-0.25, -0.2) is 19.7 Å². The Bertz CT molecular complexity index is 864. The summed E-state index contributed by atoms with van der Waals surface area (Å²) < 4.78 is 0. The summed E-state index contributed by atoms with van der Waals surface area (Å²) in [7, 11) is 0. The van der Waals surface area contributed by atoms with Gasteiger partial charge in [-0.1, -0.05) is 0 Å².